The molecule has 0 aromatic carbocycles. The number of nitrogens with one attached hydrogen (secondary N) is 2. The van der Waals surface area contributed by atoms with Gasteiger partial charge in [0.05, 0.1) is 5.75 Å². The zero-order valence-electron chi connectivity index (χ0n) is 13.4. The van der Waals surface area contributed by atoms with Gasteiger partial charge in [0.25, 0.3) is 0 Å². The summed E-state index contributed by atoms with van der Waals surface area (Å²) in [5, 5.41) is 5.20. The minimum atomic E-state index is -0.765. The van der Waals surface area contributed by atoms with E-state index in [1.807, 2.05) is 0 Å². The first-order valence-corrected chi connectivity index (χ1v) is 8.49. The number of nitrogens with two attached hydrogens (primary N) is 3. The average Bonchev–Trinajstić information content (AvgIpc) is 2.52. The highest BCUT2D eigenvalue weighted by molar-refractivity contribution is 7.81. The molecule has 0 aliphatic carbocycles. The molecular formula is C14H29N5O3S. The van der Waals surface area contributed by atoms with Crippen molar-refractivity contribution in [3.05, 3.63) is 0 Å². The van der Waals surface area contributed by atoms with E-state index >= 15 is 0 Å². The van der Waals surface area contributed by atoms with Crippen molar-refractivity contribution < 1.29 is 14.4 Å². The Morgan fingerprint density at radius 3 is 1.83 bits per heavy atom. The first-order valence-electron chi connectivity index (χ1n) is 7.86. The number of thiol groups is 1. The molecule has 0 heterocycles. The van der Waals surface area contributed by atoms with E-state index in [-0.39, 0.29) is 11.7 Å². The topological polar surface area (TPSA) is 153 Å². The Balaban J connectivity index is 4.67. The van der Waals surface area contributed by atoms with E-state index in [4.69, 9.17) is 17.2 Å². The standard InChI is InChI=1S/C14H29N5O3S/c15-7-3-1-5-10(13(17)21)19-14(22)11(6-2-4-8-16)18-12(20)9-23/h10-11,23H,1-9,15-16H2,(H2,17,21)(H,18,20)(H,19,22)/t10-,11-/m0/s1. The second kappa shape index (κ2) is 13.1. The molecular weight excluding hydrogens is 318 g/mol. The van der Waals surface area contributed by atoms with Gasteiger partial charge in [-0.25, -0.2) is 0 Å². The Morgan fingerprint density at radius 2 is 1.39 bits per heavy atom. The molecule has 0 bridgehead atoms. The van der Waals surface area contributed by atoms with Crippen molar-refractivity contribution in [2.45, 2.75) is 50.6 Å². The molecule has 8 nitrogen and oxygen atoms in total. The van der Waals surface area contributed by atoms with Gasteiger partial charge < -0.3 is 27.8 Å². The third kappa shape index (κ3) is 10.1. The lowest BCUT2D eigenvalue weighted by Gasteiger charge is -2.21. The number of hydrogen-bond donors (Lipinski definition) is 6. The van der Waals surface area contributed by atoms with Gasteiger partial charge in [-0.2, -0.15) is 12.6 Å². The summed E-state index contributed by atoms with van der Waals surface area (Å²) in [5.41, 5.74) is 16.2. The van der Waals surface area contributed by atoms with Crippen molar-refractivity contribution in [1.29, 1.82) is 0 Å². The minimum Gasteiger partial charge on any atom is -0.368 e. The predicted octanol–water partition coefficient (Wildman–Crippen LogP) is -1.37. The smallest absolute Gasteiger partial charge is 0.243 e. The second-order valence-electron chi connectivity index (χ2n) is 5.31. The summed E-state index contributed by atoms with van der Waals surface area (Å²) in [4.78, 5) is 35.3. The Kier molecular flexibility index (Phi) is 12.4. The monoisotopic (exact) mass is 347 g/mol. The van der Waals surface area contributed by atoms with Crippen LogP contribution in [0, 0.1) is 0 Å². The highest BCUT2D eigenvalue weighted by Gasteiger charge is 2.24. The van der Waals surface area contributed by atoms with Gasteiger partial charge in [-0.1, -0.05) is 0 Å². The Bertz CT molecular complexity index is 381. The molecule has 0 radical (unpaired) electrons. The quantitative estimate of drug-likeness (QED) is 0.179. The van der Waals surface area contributed by atoms with Crippen LogP contribution in [-0.4, -0.2) is 48.6 Å². The fraction of sp³-hybridized carbons (Fsp3) is 0.786. The zero-order valence-corrected chi connectivity index (χ0v) is 14.3. The number of hydrogen-bond acceptors (Lipinski definition) is 6. The van der Waals surface area contributed by atoms with E-state index in [2.05, 4.69) is 23.3 Å². The lowest BCUT2D eigenvalue weighted by molar-refractivity contribution is -0.131. The predicted molar refractivity (Wildman–Crippen MR) is 92.7 cm³/mol. The summed E-state index contributed by atoms with van der Waals surface area (Å²) >= 11 is 3.88. The van der Waals surface area contributed by atoms with Crippen LogP contribution in [0.5, 0.6) is 0 Å². The van der Waals surface area contributed by atoms with Crippen LogP contribution in [0.3, 0.4) is 0 Å². The van der Waals surface area contributed by atoms with E-state index in [1.54, 1.807) is 0 Å². The molecule has 0 saturated carbocycles. The molecule has 3 amide bonds. The molecule has 0 fully saturated rings. The molecule has 9 heteroatoms. The third-order valence-corrected chi connectivity index (χ3v) is 3.64. The van der Waals surface area contributed by atoms with Crippen molar-refractivity contribution in [2.24, 2.45) is 17.2 Å². The molecule has 134 valence electrons. The Hall–Kier alpha value is -1.32. The number of carbonyl (C=O) groups is 3. The first kappa shape index (κ1) is 21.7. The van der Waals surface area contributed by atoms with E-state index < -0.39 is 23.9 Å². The summed E-state index contributed by atoms with van der Waals surface area (Å²) in [6, 6.07) is -1.49. The van der Waals surface area contributed by atoms with Crippen molar-refractivity contribution in [3.63, 3.8) is 0 Å². The molecule has 0 unspecified atom stereocenters. The number of carbonyl (C=O) groups excluding carboxylic acids is 3. The number of rotatable bonds is 13. The summed E-state index contributed by atoms with van der Waals surface area (Å²) in [5.74, 6) is -1.39. The van der Waals surface area contributed by atoms with Crippen molar-refractivity contribution in [2.75, 3.05) is 18.8 Å². The third-order valence-electron chi connectivity index (χ3n) is 3.35. The molecule has 8 N–H and O–H groups in total. The molecule has 2 atom stereocenters. The molecule has 0 aliphatic rings. The summed E-state index contributed by atoms with van der Waals surface area (Å²) < 4.78 is 0. The van der Waals surface area contributed by atoms with Crippen LogP contribution in [0.1, 0.15) is 38.5 Å². The molecule has 23 heavy (non-hydrogen) atoms. The van der Waals surface area contributed by atoms with Crippen LogP contribution >= 0.6 is 12.6 Å². The van der Waals surface area contributed by atoms with Crippen LogP contribution in [0.15, 0.2) is 0 Å². The molecule has 0 aliphatic heterocycles. The van der Waals surface area contributed by atoms with Crippen LogP contribution < -0.4 is 27.8 Å². The normalized spacial score (nSPS) is 13.2. The fourth-order valence-corrected chi connectivity index (χ4v) is 2.14. The molecule has 0 aromatic heterocycles. The summed E-state index contributed by atoms with van der Waals surface area (Å²) in [6.07, 6.45) is 3.73. The van der Waals surface area contributed by atoms with E-state index in [1.165, 1.54) is 0 Å². The summed E-state index contributed by atoms with van der Waals surface area (Å²) in [6.45, 7) is 1.02. The maximum absolute atomic E-state index is 12.3. The van der Waals surface area contributed by atoms with Gasteiger partial charge in [-0.3, -0.25) is 14.4 Å². The first-order chi connectivity index (χ1) is 11.0. The fourth-order valence-electron chi connectivity index (χ4n) is 2.05. The number of unbranched alkanes of at least 4 members (excludes halogenated alkanes) is 2. The van der Waals surface area contributed by atoms with Crippen LogP contribution in [-0.2, 0) is 14.4 Å². The molecule has 0 rings (SSSR count). The van der Waals surface area contributed by atoms with Crippen molar-refractivity contribution in [3.8, 4) is 0 Å². The molecule has 0 aromatic rings. The zero-order chi connectivity index (χ0) is 17.7. The van der Waals surface area contributed by atoms with Gasteiger partial charge in [0, 0.05) is 0 Å². The van der Waals surface area contributed by atoms with Gasteiger partial charge in [0.1, 0.15) is 12.1 Å². The van der Waals surface area contributed by atoms with Gasteiger partial charge in [0.15, 0.2) is 0 Å². The van der Waals surface area contributed by atoms with Crippen molar-refractivity contribution >= 4 is 30.4 Å². The highest BCUT2D eigenvalue weighted by Crippen LogP contribution is 2.05. The highest BCUT2D eigenvalue weighted by atomic mass is 32.1. The number of amides is 3. The van der Waals surface area contributed by atoms with E-state index in [9.17, 15) is 14.4 Å². The maximum Gasteiger partial charge on any atom is 0.243 e. The Morgan fingerprint density at radius 1 is 0.870 bits per heavy atom. The largest absolute Gasteiger partial charge is 0.368 e. The van der Waals surface area contributed by atoms with Crippen LogP contribution in [0.25, 0.3) is 0 Å². The molecule has 0 spiro atoms. The van der Waals surface area contributed by atoms with Gasteiger partial charge in [-0.15, -0.1) is 0 Å². The Labute approximate surface area is 142 Å². The minimum absolute atomic E-state index is 0.0174. The van der Waals surface area contributed by atoms with Crippen molar-refractivity contribution in [1.82, 2.24) is 10.6 Å². The van der Waals surface area contributed by atoms with E-state index in [0.717, 1.165) is 12.8 Å². The maximum atomic E-state index is 12.3. The SMILES string of the molecule is NCCCC[C@H](NC(=O)[C@H](CCCCN)NC(=O)CS)C(N)=O. The summed E-state index contributed by atoms with van der Waals surface area (Å²) in [7, 11) is 0. The van der Waals surface area contributed by atoms with E-state index in [0.29, 0.717) is 38.8 Å². The lowest BCUT2D eigenvalue weighted by atomic mass is 10.1. The molecule has 0 saturated heterocycles. The van der Waals surface area contributed by atoms with Gasteiger partial charge in [-0.05, 0) is 51.6 Å². The van der Waals surface area contributed by atoms with Crippen LogP contribution in [0.4, 0.5) is 0 Å². The van der Waals surface area contributed by atoms with Gasteiger partial charge >= 0.3 is 0 Å². The number of primary amides is 1. The second-order valence-corrected chi connectivity index (χ2v) is 5.63. The van der Waals surface area contributed by atoms with Gasteiger partial charge in [0.2, 0.25) is 17.7 Å². The lowest BCUT2D eigenvalue weighted by Crippen LogP contribution is -2.53. The van der Waals surface area contributed by atoms with Crippen LogP contribution in [0.2, 0.25) is 0 Å². The average molecular weight is 347 g/mol.